The second-order valence-electron chi connectivity index (χ2n) is 7.61. The molecule has 2 nitrogen and oxygen atoms in total. The monoisotopic (exact) mass is 468 g/mol. The average Bonchev–Trinajstić information content (AvgIpc) is 3.53. The third-order valence-electron chi connectivity index (χ3n) is 5.81. The smallest absolute Gasteiger partial charge is 0.114 e. The molecule has 0 aliphatic heterocycles. The van der Waals surface area contributed by atoms with E-state index >= 15 is 0 Å². The number of para-hydroxylation sites is 2. The minimum Gasteiger partial charge on any atom is -0.295 e. The first-order valence-electron chi connectivity index (χ1n) is 20.4. The summed E-state index contributed by atoms with van der Waals surface area (Å²) in [6.45, 7) is -3.40. The summed E-state index contributed by atoms with van der Waals surface area (Å²) in [7, 11) is 0. The number of nitrogens with zero attached hydrogens (tertiary/aromatic N) is 2. The summed E-state index contributed by atoms with van der Waals surface area (Å²) in [5.41, 5.74) is -1.70. The van der Waals surface area contributed by atoms with Crippen molar-refractivity contribution >= 4 is 43.4 Å². The van der Waals surface area contributed by atoms with Gasteiger partial charge in [-0.3, -0.25) is 4.57 Å². The number of hydrogen-bond acceptors (Lipinski definition) is 1. The molecule has 0 amide bonds. The van der Waals surface area contributed by atoms with E-state index in [1.807, 2.05) is 0 Å². The standard InChI is InChI=1S/C33H24N2/c1-2-31-34-29-20-9-10-21-30(29)35(31)33-27-17-7-5-15-25(27)32(26-16-6-8-18-28(26)33)24-19-11-13-22-12-3-4-14-23(22)24/h3-21H,2H2,1H3/i1D3,2D2,3D,4D,5D,6D,7D,8D,11D,12D,13D,14D,15D,16D,17D,18D,19D. The molecule has 0 saturated heterocycles. The molecular formula is C33H24N2. The van der Waals surface area contributed by atoms with Crippen LogP contribution >= 0.6 is 0 Å². The Morgan fingerprint density at radius 1 is 0.743 bits per heavy atom. The maximum absolute atomic E-state index is 9.26. The molecular weight excluding hydrogens is 424 g/mol. The minimum absolute atomic E-state index is 0.0120. The van der Waals surface area contributed by atoms with E-state index < -0.39 is 159 Å². The molecule has 7 aromatic rings. The van der Waals surface area contributed by atoms with Crippen LogP contribution in [0.2, 0.25) is 0 Å². The van der Waals surface area contributed by atoms with Crippen molar-refractivity contribution in [2.75, 3.05) is 0 Å². The zero-order chi connectivity index (χ0) is 40.7. The van der Waals surface area contributed by atoms with Crippen LogP contribution in [0.4, 0.5) is 0 Å². The molecule has 6 aromatic carbocycles. The predicted octanol–water partition coefficient (Wildman–Crippen LogP) is 8.71. The van der Waals surface area contributed by atoms with Crippen molar-refractivity contribution in [2.24, 2.45) is 0 Å². The van der Waals surface area contributed by atoms with Gasteiger partial charge in [-0.05, 0) is 44.8 Å². The first-order chi connectivity index (χ1) is 25.5. The van der Waals surface area contributed by atoms with Crippen LogP contribution in [-0.2, 0) is 6.37 Å². The van der Waals surface area contributed by atoms with Gasteiger partial charge in [0.15, 0.2) is 0 Å². The van der Waals surface area contributed by atoms with Crippen LogP contribution < -0.4 is 0 Å². The molecule has 7 rings (SSSR count). The molecule has 1 aromatic heterocycles. The fourth-order valence-electron chi connectivity index (χ4n) is 4.41. The third-order valence-corrected chi connectivity index (χ3v) is 5.81. The molecule has 0 atom stereocenters. The summed E-state index contributed by atoms with van der Waals surface area (Å²) in [4.78, 5) is 4.31. The summed E-state index contributed by atoms with van der Waals surface area (Å²) in [5.74, 6) is -0.809. The van der Waals surface area contributed by atoms with Gasteiger partial charge in [0.1, 0.15) is 5.82 Å². The Morgan fingerprint density at radius 2 is 1.37 bits per heavy atom. The lowest BCUT2D eigenvalue weighted by Crippen LogP contribution is -2.03. The van der Waals surface area contributed by atoms with E-state index in [9.17, 15) is 5.48 Å². The largest absolute Gasteiger partial charge is 0.295 e. The Hall–Kier alpha value is -4.43. The molecule has 0 aliphatic carbocycles. The quantitative estimate of drug-likeness (QED) is 0.237. The lowest BCUT2D eigenvalue weighted by molar-refractivity contribution is 0.917. The van der Waals surface area contributed by atoms with Gasteiger partial charge in [-0.1, -0.05) is 110 Å². The van der Waals surface area contributed by atoms with Gasteiger partial charge < -0.3 is 0 Å². The fraction of sp³-hybridized carbons (Fsp3) is 0.0606. The van der Waals surface area contributed by atoms with E-state index in [-0.39, 0.29) is 11.0 Å². The zero-order valence-electron chi connectivity index (χ0n) is 37.7. The van der Waals surface area contributed by atoms with Gasteiger partial charge >= 0.3 is 0 Å². The van der Waals surface area contributed by atoms with Crippen LogP contribution in [0.3, 0.4) is 0 Å². The molecule has 2 heteroatoms. The summed E-state index contributed by atoms with van der Waals surface area (Å²) < 4.78 is 176. The Balaban J connectivity index is 1.96. The van der Waals surface area contributed by atoms with E-state index in [4.69, 9.17) is 21.9 Å². The van der Waals surface area contributed by atoms with Gasteiger partial charge in [0.25, 0.3) is 0 Å². The van der Waals surface area contributed by atoms with Crippen LogP contribution in [0.25, 0.3) is 60.2 Å². The predicted molar refractivity (Wildman–Crippen MR) is 148 cm³/mol. The summed E-state index contributed by atoms with van der Waals surface area (Å²) in [6, 6.07) is -6.78. The van der Waals surface area contributed by atoms with Gasteiger partial charge in [0.2, 0.25) is 0 Å². The lowest BCUT2D eigenvalue weighted by atomic mass is 9.88. The number of fused-ring (bicyclic) bond motifs is 4. The van der Waals surface area contributed by atoms with E-state index in [1.54, 1.807) is 0 Å². The topological polar surface area (TPSA) is 17.8 Å². The molecule has 166 valence electrons. The molecule has 1 heterocycles. The molecule has 0 N–H and O–H groups in total. The van der Waals surface area contributed by atoms with Gasteiger partial charge in [0.05, 0.1) is 37.3 Å². The second-order valence-corrected chi connectivity index (χ2v) is 7.61. The Bertz CT molecular complexity index is 2800. The van der Waals surface area contributed by atoms with Crippen LogP contribution in [-0.4, -0.2) is 9.55 Å². The molecule has 0 saturated carbocycles. The molecule has 0 aliphatic rings. The highest BCUT2D eigenvalue weighted by molar-refractivity contribution is 6.21. The van der Waals surface area contributed by atoms with E-state index in [0.717, 1.165) is 4.57 Å². The highest BCUT2D eigenvalue weighted by Gasteiger charge is 2.20. The number of aromatic nitrogens is 2. The Labute approximate surface area is 232 Å². The summed E-state index contributed by atoms with van der Waals surface area (Å²) in [5, 5.41) is -3.34. The van der Waals surface area contributed by atoms with Crippen molar-refractivity contribution < 1.29 is 27.4 Å². The first kappa shape index (κ1) is 8.35. The van der Waals surface area contributed by atoms with Crippen LogP contribution in [0.5, 0.6) is 0 Å². The van der Waals surface area contributed by atoms with E-state index in [2.05, 4.69) is 4.98 Å². The maximum Gasteiger partial charge on any atom is 0.114 e. The van der Waals surface area contributed by atoms with Crippen molar-refractivity contribution in [1.29, 1.82) is 0 Å². The van der Waals surface area contributed by atoms with Gasteiger partial charge in [0, 0.05) is 24.0 Å². The first-order valence-corrected chi connectivity index (χ1v) is 10.4. The molecule has 0 unspecified atom stereocenters. The molecule has 0 radical (unpaired) electrons. The highest BCUT2D eigenvalue weighted by Crippen LogP contribution is 2.44. The maximum atomic E-state index is 9.26. The Kier molecular flexibility index (Phi) is 1.87. The van der Waals surface area contributed by atoms with Crippen molar-refractivity contribution in [1.82, 2.24) is 9.55 Å². The van der Waals surface area contributed by atoms with Crippen LogP contribution in [0.1, 0.15) is 40.1 Å². The number of hydrogen-bond donors (Lipinski definition) is 0. The molecule has 0 spiro atoms. The number of aryl methyl sites for hydroxylation is 1. The van der Waals surface area contributed by atoms with Gasteiger partial charge in [-0.15, -0.1) is 0 Å². The summed E-state index contributed by atoms with van der Waals surface area (Å²) >= 11 is 0. The van der Waals surface area contributed by atoms with Crippen LogP contribution in [0.15, 0.2) is 115 Å². The fourth-order valence-corrected chi connectivity index (χ4v) is 4.41. The second kappa shape index (κ2) is 7.82. The molecule has 0 fully saturated rings. The van der Waals surface area contributed by atoms with Crippen molar-refractivity contribution in [3.8, 4) is 16.8 Å². The zero-order valence-corrected chi connectivity index (χ0v) is 17.7. The van der Waals surface area contributed by atoms with Gasteiger partial charge in [-0.2, -0.15) is 0 Å². The highest BCUT2D eigenvalue weighted by atomic mass is 15.1. The van der Waals surface area contributed by atoms with Crippen molar-refractivity contribution in [3.05, 3.63) is 121 Å². The van der Waals surface area contributed by atoms with Crippen molar-refractivity contribution in [3.63, 3.8) is 0 Å². The molecule has 0 bridgehead atoms. The van der Waals surface area contributed by atoms with Gasteiger partial charge in [-0.25, -0.2) is 4.98 Å². The SMILES string of the molecule is [2H]c1c([2H])c([2H])c2c(-c3c4c([2H])c([2H])c([2H])c([2H])c4c(-n4c(C([2H])([2H])C([2H])([2H])[2H])nc5ccccc54)c4c([2H])c([2H])c([2H])c([2H])c34)c([2H])c([2H])c([2H])c2c1[2H]. The number of benzene rings is 6. The van der Waals surface area contributed by atoms with E-state index in [1.165, 1.54) is 24.3 Å². The number of imidazole rings is 1. The third kappa shape index (κ3) is 2.93. The average molecular weight is 469 g/mol. The minimum atomic E-state index is -3.40. The van der Waals surface area contributed by atoms with E-state index in [0.29, 0.717) is 0 Å². The summed E-state index contributed by atoms with van der Waals surface area (Å²) in [6.07, 6.45) is -3.29. The van der Waals surface area contributed by atoms with Crippen LogP contribution in [0, 0.1) is 0 Å². The normalized spacial score (nSPS) is 20.6. The lowest BCUT2D eigenvalue weighted by Gasteiger charge is -2.20. The molecule has 35 heavy (non-hydrogen) atoms. The van der Waals surface area contributed by atoms with Crippen molar-refractivity contribution in [2.45, 2.75) is 13.2 Å². The number of rotatable bonds is 3. The Morgan fingerprint density at radius 3 is 2.11 bits per heavy atom.